The number of carbonyl (C=O) groups is 1. The molecule has 0 unspecified atom stereocenters. The number of thiophene rings is 1. The molecule has 0 radical (unpaired) electrons. The van der Waals surface area contributed by atoms with Gasteiger partial charge in [0.15, 0.2) is 4.80 Å². The Balaban J connectivity index is 1.93. The van der Waals surface area contributed by atoms with Crippen molar-refractivity contribution >= 4 is 83.7 Å². The fourth-order valence-electron chi connectivity index (χ4n) is 2.78. The van der Waals surface area contributed by atoms with E-state index in [1.165, 1.54) is 22.7 Å². The van der Waals surface area contributed by atoms with Crippen LogP contribution in [-0.2, 0) is 6.54 Å². The molecular weight excluding hydrogens is 431 g/mol. The highest BCUT2D eigenvalue weighted by Gasteiger charge is 2.18. The van der Waals surface area contributed by atoms with Gasteiger partial charge in [-0.05, 0) is 25.1 Å². The number of aromatic nitrogens is 1. The Hall–Kier alpha value is -1.37. The number of thiazole rings is 1. The highest BCUT2D eigenvalue weighted by molar-refractivity contribution is 7.21. The largest absolute Gasteiger partial charge is 0.315 e. The number of carbonyl (C=O) groups excluding carboxylic acids is 1. The first-order valence-electron chi connectivity index (χ1n) is 7.74. The van der Waals surface area contributed by atoms with E-state index in [0.29, 0.717) is 31.3 Å². The van der Waals surface area contributed by atoms with Crippen LogP contribution in [0.25, 0.3) is 20.3 Å². The third-order valence-electron chi connectivity index (χ3n) is 3.97. The molecule has 3 nitrogen and oxygen atoms in total. The number of benzene rings is 2. The first-order valence-corrected chi connectivity index (χ1v) is 10.5. The third-order valence-corrected chi connectivity index (χ3v) is 7.48. The van der Waals surface area contributed by atoms with Gasteiger partial charge in [0.05, 0.1) is 25.3 Å². The van der Waals surface area contributed by atoms with Crippen molar-refractivity contribution in [3.05, 3.63) is 61.1 Å². The molecule has 26 heavy (non-hydrogen) atoms. The van der Waals surface area contributed by atoms with E-state index in [1.807, 2.05) is 35.8 Å². The molecule has 0 saturated heterocycles. The standard InChI is InChI=1S/C18H11Cl3N2OS2/c1-2-23-14-10(19)7-8-11(20)15(14)26-18(23)22-17(24)16-13(21)9-5-3-4-6-12(9)25-16/h3-8H,2H2,1H3. The average molecular weight is 442 g/mol. The van der Waals surface area contributed by atoms with Gasteiger partial charge in [0.25, 0.3) is 5.91 Å². The molecule has 0 spiro atoms. The summed E-state index contributed by atoms with van der Waals surface area (Å²) in [5, 5.41) is 2.48. The number of fused-ring (bicyclic) bond motifs is 2. The minimum absolute atomic E-state index is 0.364. The van der Waals surface area contributed by atoms with Crippen LogP contribution in [0.2, 0.25) is 15.1 Å². The van der Waals surface area contributed by atoms with E-state index in [-0.39, 0.29) is 5.91 Å². The van der Waals surface area contributed by atoms with Gasteiger partial charge in [0.2, 0.25) is 0 Å². The van der Waals surface area contributed by atoms with Gasteiger partial charge < -0.3 is 4.57 Å². The van der Waals surface area contributed by atoms with Crippen LogP contribution in [0.3, 0.4) is 0 Å². The van der Waals surface area contributed by atoms with Crippen molar-refractivity contribution in [1.29, 1.82) is 0 Å². The quantitative estimate of drug-likeness (QED) is 0.343. The predicted molar refractivity (Wildman–Crippen MR) is 112 cm³/mol. The summed E-state index contributed by atoms with van der Waals surface area (Å²) in [6, 6.07) is 11.1. The molecule has 4 rings (SSSR count). The Morgan fingerprint density at radius 3 is 2.54 bits per heavy atom. The highest BCUT2D eigenvalue weighted by atomic mass is 35.5. The zero-order valence-corrected chi connectivity index (χ0v) is 17.3. The summed E-state index contributed by atoms with van der Waals surface area (Å²) in [5.41, 5.74) is 0.792. The van der Waals surface area contributed by atoms with Gasteiger partial charge in [-0.25, -0.2) is 0 Å². The van der Waals surface area contributed by atoms with Crippen LogP contribution < -0.4 is 4.80 Å². The van der Waals surface area contributed by atoms with Crippen molar-refractivity contribution in [3.8, 4) is 0 Å². The molecule has 0 aliphatic heterocycles. The van der Waals surface area contributed by atoms with Gasteiger partial charge in [0.1, 0.15) is 4.88 Å². The molecule has 132 valence electrons. The van der Waals surface area contributed by atoms with E-state index in [0.717, 1.165) is 20.3 Å². The molecule has 4 aromatic rings. The van der Waals surface area contributed by atoms with Crippen LogP contribution in [0, 0.1) is 0 Å². The summed E-state index contributed by atoms with van der Waals surface area (Å²) in [4.78, 5) is 18.1. The second-order valence-corrected chi connectivity index (χ2v) is 8.72. The van der Waals surface area contributed by atoms with Gasteiger partial charge in [-0.15, -0.1) is 11.3 Å². The minimum Gasteiger partial charge on any atom is -0.315 e. The molecular formula is C18H11Cl3N2OS2. The van der Waals surface area contributed by atoms with E-state index < -0.39 is 0 Å². The molecule has 2 heterocycles. The van der Waals surface area contributed by atoms with Crippen LogP contribution >= 0.6 is 57.5 Å². The number of rotatable bonds is 2. The summed E-state index contributed by atoms with van der Waals surface area (Å²) >= 11 is 21.7. The van der Waals surface area contributed by atoms with Crippen LogP contribution in [0.1, 0.15) is 16.6 Å². The number of amides is 1. The number of hydrogen-bond donors (Lipinski definition) is 0. The lowest BCUT2D eigenvalue weighted by molar-refractivity contribution is 0.100. The lowest BCUT2D eigenvalue weighted by Gasteiger charge is -2.02. The summed E-state index contributed by atoms with van der Waals surface area (Å²) < 4.78 is 3.67. The molecule has 0 aliphatic rings. The van der Waals surface area contributed by atoms with Gasteiger partial charge in [-0.1, -0.05) is 64.3 Å². The highest BCUT2D eigenvalue weighted by Crippen LogP contribution is 2.36. The van der Waals surface area contributed by atoms with E-state index in [4.69, 9.17) is 34.8 Å². The normalized spacial score (nSPS) is 12.4. The zero-order valence-electron chi connectivity index (χ0n) is 13.4. The first kappa shape index (κ1) is 18.0. The van der Waals surface area contributed by atoms with Crippen molar-refractivity contribution in [3.63, 3.8) is 0 Å². The van der Waals surface area contributed by atoms with E-state index in [9.17, 15) is 4.79 Å². The maximum Gasteiger partial charge on any atom is 0.291 e. The first-order chi connectivity index (χ1) is 12.5. The van der Waals surface area contributed by atoms with Crippen LogP contribution in [0.15, 0.2) is 41.4 Å². The summed E-state index contributed by atoms with van der Waals surface area (Å²) in [5.74, 6) is -0.364. The van der Waals surface area contributed by atoms with Crippen molar-refractivity contribution in [2.75, 3.05) is 0 Å². The average Bonchev–Trinajstić information content (AvgIpc) is 3.17. The van der Waals surface area contributed by atoms with Crippen molar-refractivity contribution < 1.29 is 4.79 Å². The Morgan fingerprint density at radius 2 is 1.81 bits per heavy atom. The number of nitrogens with zero attached hydrogens (tertiary/aromatic N) is 2. The number of halogens is 3. The van der Waals surface area contributed by atoms with Crippen LogP contribution in [-0.4, -0.2) is 10.5 Å². The summed E-state index contributed by atoms with van der Waals surface area (Å²) in [6.45, 7) is 2.59. The Morgan fingerprint density at radius 1 is 1.08 bits per heavy atom. The fraction of sp³-hybridized carbons (Fsp3) is 0.111. The maximum atomic E-state index is 12.8. The van der Waals surface area contributed by atoms with Crippen LogP contribution in [0.4, 0.5) is 0 Å². The van der Waals surface area contributed by atoms with Crippen molar-refractivity contribution in [1.82, 2.24) is 4.57 Å². The summed E-state index contributed by atoms with van der Waals surface area (Å²) in [7, 11) is 0. The van der Waals surface area contributed by atoms with Gasteiger partial charge >= 0.3 is 0 Å². The molecule has 0 saturated carbocycles. The van der Waals surface area contributed by atoms with E-state index >= 15 is 0 Å². The van der Waals surface area contributed by atoms with E-state index in [1.54, 1.807) is 12.1 Å². The minimum atomic E-state index is -0.364. The lowest BCUT2D eigenvalue weighted by atomic mass is 10.2. The fourth-order valence-corrected chi connectivity index (χ4v) is 5.88. The monoisotopic (exact) mass is 440 g/mol. The maximum absolute atomic E-state index is 12.8. The second-order valence-electron chi connectivity index (χ2n) is 5.49. The molecule has 0 bridgehead atoms. The molecule has 8 heteroatoms. The number of aryl methyl sites for hydroxylation is 1. The third kappa shape index (κ3) is 2.88. The molecule has 0 atom stereocenters. The van der Waals surface area contributed by atoms with Gasteiger partial charge in [-0.2, -0.15) is 4.99 Å². The Kier molecular flexibility index (Phi) is 4.84. The topological polar surface area (TPSA) is 34.4 Å². The molecule has 1 amide bonds. The smallest absolute Gasteiger partial charge is 0.291 e. The van der Waals surface area contributed by atoms with Crippen LogP contribution in [0.5, 0.6) is 0 Å². The summed E-state index contributed by atoms with van der Waals surface area (Å²) in [6.07, 6.45) is 0. The SMILES string of the molecule is CCn1c(=NC(=O)c2sc3ccccc3c2Cl)sc2c(Cl)ccc(Cl)c21. The Bertz CT molecular complexity index is 1240. The van der Waals surface area contributed by atoms with E-state index in [2.05, 4.69) is 4.99 Å². The van der Waals surface area contributed by atoms with Gasteiger partial charge in [-0.3, -0.25) is 4.79 Å². The lowest BCUT2D eigenvalue weighted by Crippen LogP contribution is -2.15. The van der Waals surface area contributed by atoms with Crippen molar-refractivity contribution in [2.45, 2.75) is 13.5 Å². The molecule has 0 N–H and O–H groups in total. The zero-order chi connectivity index (χ0) is 18.4. The second kappa shape index (κ2) is 6.98. The molecule has 2 aromatic carbocycles. The number of hydrogen-bond acceptors (Lipinski definition) is 3. The van der Waals surface area contributed by atoms with Crippen molar-refractivity contribution in [2.24, 2.45) is 4.99 Å². The predicted octanol–water partition coefficient (Wildman–Crippen LogP) is 6.64. The molecule has 2 aromatic heterocycles. The Labute approximate surface area is 172 Å². The molecule has 0 aliphatic carbocycles. The molecule has 0 fully saturated rings. The van der Waals surface area contributed by atoms with Gasteiger partial charge in [0, 0.05) is 16.6 Å².